The summed E-state index contributed by atoms with van der Waals surface area (Å²) in [6.45, 7) is 9.37. The summed E-state index contributed by atoms with van der Waals surface area (Å²) in [6.07, 6.45) is 7.26. The van der Waals surface area contributed by atoms with E-state index in [-0.39, 0.29) is 0 Å². The van der Waals surface area contributed by atoms with Crippen molar-refractivity contribution in [3.8, 4) is 0 Å². The summed E-state index contributed by atoms with van der Waals surface area (Å²) >= 11 is 0. The summed E-state index contributed by atoms with van der Waals surface area (Å²) < 4.78 is 5.22. The molecule has 0 bridgehead atoms. The SMILES string of the molecule is CCCN1CCC(CC(=O)N2CCC(Cc3nc(C)no3)CC2)CC1. The van der Waals surface area contributed by atoms with E-state index in [1.165, 1.54) is 25.8 Å². The quantitative estimate of drug-likeness (QED) is 0.791. The Hall–Kier alpha value is -1.43. The predicted molar refractivity (Wildman–Crippen MR) is 96.1 cm³/mol. The van der Waals surface area contributed by atoms with Crippen LogP contribution in [0.5, 0.6) is 0 Å². The van der Waals surface area contributed by atoms with Crippen LogP contribution in [0, 0.1) is 18.8 Å². The number of likely N-dealkylation sites (tertiary alicyclic amines) is 2. The van der Waals surface area contributed by atoms with Crippen molar-refractivity contribution in [2.75, 3.05) is 32.7 Å². The molecule has 0 atom stereocenters. The van der Waals surface area contributed by atoms with Gasteiger partial charge in [-0.2, -0.15) is 4.98 Å². The van der Waals surface area contributed by atoms with Gasteiger partial charge in [0.15, 0.2) is 5.82 Å². The lowest BCUT2D eigenvalue weighted by molar-refractivity contribution is -0.134. The van der Waals surface area contributed by atoms with Crippen molar-refractivity contribution < 1.29 is 9.32 Å². The Balaban J connectivity index is 1.37. The van der Waals surface area contributed by atoms with E-state index in [1.54, 1.807) is 0 Å². The number of nitrogens with zero attached hydrogens (tertiary/aromatic N) is 4. The van der Waals surface area contributed by atoms with Crippen LogP contribution in [-0.4, -0.2) is 58.6 Å². The van der Waals surface area contributed by atoms with E-state index < -0.39 is 0 Å². The Bertz CT molecular complexity index is 543. The van der Waals surface area contributed by atoms with Crippen LogP contribution in [0.2, 0.25) is 0 Å². The van der Waals surface area contributed by atoms with Gasteiger partial charge in [-0.25, -0.2) is 0 Å². The van der Waals surface area contributed by atoms with Crippen LogP contribution < -0.4 is 0 Å². The minimum Gasteiger partial charge on any atom is -0.343 e. The minimum atomic E-state index is 0.362. The molecule has 2 saturated heterocycles. The minimum absolute atomic E-state index is 0.362. The van der Waals surface area contributed by atoms with Gasteiger partial charge in [-0.1, -0.05) is 12.1 Å². The van der Waals surface area contributed by atoms with Gasteiger partial charge in [-0.3, -0.25) is 4.79 Å². The highest BCUT2D eigenvalue weighted by molar-refractivity contribution is 5.76. The number of piperidine rings is 2. The maximum Gasteiger partial charge on any atom is 0.226 e. The highest BCUT2D eigenvalue weighted by Crippen LogP contribution is 2.25. The van der Waals surface area contributed by atoms with Crippen molar-refractivity contribution in [1.82, 2.24) is 19.9 Å². The molecule has 0 aromatic carbocycles. The van der Waals surface area contributed by atoms with E-state index in [0.717, 1.165) is 57.8 Å². The number of amides is 1. The third-order valence-electron chi connectivity index (χ3n) is 5.71. The number of hydrogen-bond donors (Lipinski definition) is 0. The van der Waals surface area contributed by atoms with Crippen LogP contribution in [0.3, 0.4) is 0 Å². The molecule has 0 saturated carbocycles. The van der Waals surface area contributed by atoms with Crippen molar-refractivity contribution in [3.05, 3.63) is 11.7 Å². The lowest BCUT2D eigenvalue weighted by Crippen LogP contribution is -2.41. The molecule has 0 spiro atoms. The van der Waals surface area contributed by atoms with E-state index in [0.29, 0.717) is 23.6 Å². The maximum absolute atomic E-state index is 12.6. The summed E-state index contributed by atoms with van der Waals surface area (Å²) in [5.74, 6) is 2.94. The van der Waals surface area contributed by atoms with Crippen LogP contribution in [0.4, 0.5) is 0 Å². The molecular formula is C19H32N4O2. The van der Waals surface area contributed by atoms with Crippen molar-refractivity contribution in [2.24, 2.45) is 11.8 Å². The molecule has 1 aromatic rings. The van der Waals surface area contributed by atoms with E-state index in [9.17, 15) is 4.79 Å². The fraction of sp³-hybridized carbons (Fsp3) is 0.842. The zero-order valence-electron chi connectivity index (χ0n) is 15.7. The van der Waals surface area contributed by atoms with Crippen molar-refractivity contribution in [2.45, 2.75) is 58.8 Å². The van der Waals surface area contributed by atoms with Crippen molar-refractivity contribution in [3.63, 3.8) is 0 Å². The molecule has 1 amide bonds. The third kappa shape index (κ3) is 5.27. The van der Waals surface area contributed by atoms with Crippen LogP contribution in [0.1, 0.15) is 57.2 Å². The summed E-state index contributed by atoms with van der Waals surface area (Å²) in [5.41, 5.74) is 0. The molecule has 0 unspecified atom stereocenters. The first kappa shape index (κ1) is 18.4. The van der Waals surface area contributed by atoms with E-state index in [1.807, 2.05) is 6.92 Å². The molecule has 2 aliphatic heterocycles. The Morgan fingerprint density at radius 2 is 1.80 bits per heavy atom. The average Bonchev–Trinajstić information content (AvgIpc) is 3.02. The van der Waals surface area contributed by atoms with Crippen molar-refractivity contribution in [1.29, 1.82) is 0 Å². The molecular weight excluding hydrogens is 316 g/mol. The summed E-state index contributed by atoms with van der Waals surface area (Å²) in [5, 5.41) is 3.85. The Labute approximate surface area is 150 Å². The first-order valence-corrected chi connectivity index (χ1v) is 9.93. The zero-order chi connectivity index (χ0) is 17.6. The molecule has 3 heterocycles. The smallest absolute Gasteiger partial charge is 0.226 e. The fourth-order valence-corrected chi connectivity index (χ4v) is 4.16. The molecule has 3 rings (SSSR count). The molecule has 0 N–H and O–H groups in total. The predicted octanol–water partition coefficient (Wildman–Crippen LogP) is 2.67. The van der Waals surface area contributed by atoms with Gasteiger partial charge in [0.05, 0.1) is 0 Å². The Morgan fingerprint density at radius 1 is 1.12 bits per heavy atom. The number of carbonyl (C=O) groups excluding carboxylic acids is 1. The largest absolute Gasteiger partial charge is 0.343 e. The second kappa shape index (κ2) is 8.79. The number of aryl methyl sites for hydroxylation is 1. The van der Waals surface area contributed by atoms with E-state index in [4.69, 9.17) is 4.52 Å². The van der Waals surface area contributed by atoms with Gasteiger partial charge >= 0.3 is 0 Å². The first-order valence-electron chi connectivity index (χ1n) is 9.93. The molecule has 6 nitrogen and oxygen atoms in total. The molecule has 2 aliphatic rings. The average molecular weight is 348 g/mol. The molecule has 25 heavy (non-hydrogen) atoms. The molecule has 0 aliphatic carbocycles. The normalized spacial score (nSPS) is 21.0. The first-order chi connectivity index (χ1) is 12.1. The Morgan fingerprint density at radius 3 is 2.40 bits per heavy atom. The zero-order valence-corrected chi connectivity index (χ0v) is 15.7. The number of rotatable bonds is 6. The second-order valence-corrected chi connectivity index (χ2v) is 7.75. The number of hydrogen-bond acceptors (Lipinski definition) is 5. The summed E-state index contributed by atoms with van der Waals surface area (Å²) in [6, 6.07) is 0. The molecule has 2 fully saturated rings. The van der Waals surface area contributed by atoms with Gasteiger partial charge in [0.25, 0.3) is 0 Å². The third-order valence-corrected chi connectivity index (χ3v) is 5.71. The molecule has 0 radical (unpaired) electrons. The summed E-state index contributed by atoms with van der Waals surface area (Å²) in [4.78, 5) is 21.5. The van der Waals surface area contributed by atoms with Gasteiger partial charge in [0.2, 0.25) is 11.8 Å². The van der Waals surface area contributed by atoms with E-state index in [2.05, 4.69) is 26.9 Å². The number of aromatic nitrogens is 2. The van der Waals surface area contributed by atoms with Crippen LogP contribution in [-0.2, 0) is 11.2 Å². The summed E-state index contributed by atoms with van der Waals surface area (Å²) in [7, 11) is 0. The molecule has 140 valence electrons. The van der Waals surface area contributed by atoms with Gasteiger partial charge in [0.1, 0.15) is 0 Å². The maximum atomic E-state index is 12.6. The highest BCUT2D eigenvalue weighted by Gasteiger charge is 2.27. The van der Waals surface area contributed by atoms with Gasteiger partial charge in [-0.05, 0) is 70.5 Å². The Kier molecular flexibility index (Phi) is 6.45. The second-order valence-electron chi connectivity index (χ2n) is 7.75. The van der Waals surface area contributed by atoms with E-state index >= 15 is 0 Å². The van der Waals surface area contributed by atoms with Crippen molar-refractivity contribution >= 4 is 5.91 Å². The number of carbonyl (C=O) groups is 1. The van der Waals surface area contributed by atoms with Crippen LogP contribution in [0.15, 0.2) is 4.52 Å². The highest BCUT2D eigenvalue weighted by atomic mass is 16.5. The van der Waals surface area contributed by atoms with Gasteiger partial charge < -0.3 is 14.3 Å². The monoisotopic (exact) mass is 348 g/mol. The molecule has 1 aromatic heterocycles. The van der Waals surface area contributed by atoms with Crippen LogP contribution >= 0.6 is 0 Å². The van der Waals surface area contributed by atoms with Gasteiger partial charge in [0, 0.05) is 25.9 Å². The standard InChI is InChI=1S/C19H32N4O2/c1-3-8-22-9-4-17(5-10-22)14-19(24)23-11-6-16(7-12-23)13-18-20-15(2)21-25-18/h16-17H,3-14H2,1-2H3. The lowest BCUT2D eigenvalue weighted by Gasteiger charge is -2.35. The lowest BCUT2D eigenvalue weighted by atomic mass is 9.90. The van der Waals surface area contributed by atoms with Crippen LogP contribution in [0.25, 0.3) is 0 Å². The van der Waals surface area contributed by atoms with Gasteiger partial charge in [-0.15, -0.1) is 0 Å². The molecule has 6 heteroatoms. The topological polar surface area (TPSA) is 62.5 Å². The fourth-order valence-electron chi connectivity index (χ4n) is 4.16.